The Bertz CT molecular complexity index is 1810. The van der Waals surface area contributed by atoms with Crippen molar-refractivity contribution in [2.24, 2.45) is 18.7 Å². The molecule has 1 aliphatic carbocycles. The van der Waals surface area contributed by atoms with Gasteiger partial charge in [-0.3, -0.25) is 9.69 Å². The second-order valence-electron chi connectivity index (χ2n) is 11.3. The number of carbonyl (C=O) groups excluding carboxylic acids is 1. The van der Waals surface area contributed by atoms with Crippen molar-refractivity contribution in [1.82, 2.24) is 29.4 Å². The maximum absolute atomic E-state index is 13.8. The van der Waals surface area contributed by atoms with Crippen molar-refractivity contribution in [3.63, 3.8) is 0 Å². The predicted molar refractivity (Wildman–Crippen MR) is 166 cm³/mol. The van der Waals surface area contributed by atoms with Gasteiger partial charge in [0.05, 0.1) is 24.2 Å². The summed E-state index contributed by atoms with van der Waals surface area (Å²) in [7, 11) is 5.21. The van der Waals surface area contributed by atoms with Crippen molar-refractivity contribution in [3.05, 3.63) is 59.3 Å². The lowest BCUT2D eigenvalue weighted by Crippen LogP contribution is -2.28. The zero-order valence-electron chi connectivity index (χ0n) is 25.2. The van der Waals surface area contributed by atoms with Crippen molar-refractivity contribution in [2.75, 3.05) is 37.4 Å². The number of nitrogens with two attached hydrogens (primary N) is 1. The smallest absolute Gasteiger partial charge is 0.416 e. The number of pyridine rings is 1. The van der Waals surface area contributed by atoms with Crippen LogP contribution in [0.15, 0.2) is 43.0 Å². The van der Waals surface area contributed by atoms with E-state index in [2.05, 4.69) is 30.2 Å². The highest BCUT2D eigenvalue weighted by Crippen LogP contribution is 2.38. The number of aromatic nitrogens is 5. The third-order valence-corrected chi connectivity index (χ3v) is 8.17. The number of nitrogens with zero attached hydrogens (tertiary/aromatic N) is 7. The number of alkyl halides is 3. The van der Waals surface area contributed by atoms with Crippen molar-refractivity contribution >= 4 is 51.9 Å². The first-order valence-corrected chi connectivity index (χ1v) is 14.8. The molecule has 1 atom stereocenters. The first kappa shape index (κ1) is 31.4. The average molecular weight is 658 g/mol. The molecule has 1 amide bonds. The highest BCUT2D eigenvalue weighted by molar-refractivity contribution is 6.36. The van der Waals surface area contributed by atoms with E-state index < -0.39 is 11.7 Å². The van der Waals surface area contributed by atoms with Crippen LogP contribution >= 0.6 is 11.6 Å². The highest BCUT2D eigenvalue weighted by Gasteiger charge is 2.34. The van der Waals surface area contributed by atoms with Crippen LogP contribution in [0.2, 0.25) is 5.02 Å². The molecule has 0 spiro atoms. The van der Waals surface area contributed by atoms with Gasteiger partial charge in [-0.1, -0.05) is 11.6 Å². The van der Waals surface area contributed by atoms with E-state index in [1.807, 2.05) is 7.05 Å². The summed E-state index contributed by atoms with van der Waals surface area (Å²) in [6.07, 6.45) is 3.06. The first-order chi connectivity index (χ1) is 21.9. The summed E-state index contributed by atoms with van der Waals surface area (Å²) < 4.78 is 54.8. The average Bonchev–Trinajstić information content (AvgIpc) is 3.72. The number of carbonyl (C=O) groups is 1. The summed E-state index contributed by atoms with van der Waals surface area (Å²) in [5.41, 5.74) is 5.98. The second-order valence-corrected chi connectivity index (χ2v) is 11.7. The fourth-order valence-corrected chi connectivity index (χ4v) is 5.44. The number of benzene rings is 1. The Morgan fingerprint density at radius 1 is 1.13 bits per heavy atom. The third-order valence-electron chi connectivity index (χ3n) is 7.81. The maximum atomic E-state index is 13.8. The number of fused-ring (bicyclic) bond motifs is 1. The Balaban J connectivity index is 1.23. The molecule has 1 saturated heterocycles. The molecule has 12 nitrogen and oxygen atoms in total. The Kier molecular flexibility index (Phi) is 8.37. The molecule has 1 saturated carbocycles. The van der Waals surface area contributed by atoms with Crippen LogP contribution in [-0.2, 0) is 18.0 Å². The van der Waals surface area contributed by atoms with Gasteiger partial charge in [0, 0.05) is 51.1 Å². The van der Waals surface area contributed by atoms with Gasteiger partial charge in [0.25, 0.3) is 0 Å². The normalized spacial score (nSPS) is 17.4. The minimum atomic E-state index is -4.59. The van der Waals surface area contributed by atoms with Crippen LogP contribution in [0, 0.1) is 5.92 Å². The van der Waals surface area contributed by atoms with Crippen LogP contribution in [0.4, 0.5) is 30.6 Å². The number of halogens is 4. The molecule has 3 N–H and O–H groups in total. The molecule has 1 aliphatic heterocycles. The van der Waals surface area contributed by atoms with Crippen LogP contribution in [0.3, 0.4) is 0 Å². The number of aryl methyl sites for hydroxylation is 1. The lowest BCUT2D eigenvalue weighted by atomic mass is 10.1. The molecule has 1 aromatic carbocycles. The van der Waals surface area contributed by atoms with E-state index in [4.69, 9.17) is 26.8 Å². The molecule has 6 rings (SSSR count). The van der Waals surface area contributed by atoms with E-state index in [1.165, 1.54) is 35.8 Å². The number of hydrogen-bond donors (Lipinski definition) is 2. The SMILES string of the molecule is CN1CC[C@H](Oc2cc(Nc3nc4ncc(OC(=CN)c5cnc(N(C)C(=O)C6CC6)cn5)c(Cl)c4n3C)cc(C(F)(F)F)c2)C1. The molecule has 46 heavy (non-hydrogen) atoms. The summed E-state index contributed by atoms with van der Waals surface area (Å²) in [5.74, 6) is 0.950. The number of amides is 1. The number of anilines is 3. The lowest BCUT2D eigenvalue weighted by molar-refractivity contribution is -0.137. The fourth-order valence-electron chi connectivity index (χ4n) is 5.14. The van der Waals surface area contributed by atoms with Crippen LogP contribution in [-0.4, -0.2) is 68.6 Å². The van der Waals surface area contributed by atoms with Gasteiger partial charge in [-0.25, -0.2) is 15.0 Å². The standard InChI is InChI=1S/C30H31ClF3N9O3/c1-41-7-6-19(15-41)45-20-9-17(30(32,33)34)8-18(10-20)39-29-40-27-26(43(29)3)25(31)23(13-38-27)46-22(11-35)21-12-37-24(14-36-21)42(2)28(44)16-4-5-16/h8-14,16,19H,4-7,15,35H2,1-3H3,(H,38,39,40)/t19-/m0/s1. The Labute approximate surface area is 267 Å². The molecule has 2 aliphatic rings. The molecular formula is C30H31ClF3N9O3. The van der Waals surface area contributed by atoms with Crippen LogP contribution in [0.25, 0.3) is 16.9 Å². The van der Waals surface area contributed by atoms with Gasteiger partial charge in [-0.15, -0.1) is 0 Å². The van der Waals surface area contributed by atoms with E-state index in [9.17, 15) is 18.0 Å². The molecular weight excluding hydrogens is 627 g/mol. The highest BCUT2D eigenvalue weighted by atomic mass is 35.5. The Morgan fingerprint density at radius 3 is 2.54 bits per heavy atom. The number of hydrogen-bond acceptors (Lipinski definition) is 10. The number of rotatable bonds is 9. The summed E-state index contributed by atoms with van der Waals surface area (Å²) in [4.78, 5) is 33.3. The molecule has 4 heterocycles. The van der Waals surface area contributed by atoms with E-state index in [0.717, 1.165) is 31.5 Å². The molecule has 0 bridgehead atoms. The monoisotopic (exact) mass is 657 g/mol. The van der Waals surface area contributed by atoms with Crippen LogP contribution in [0.1, 0.15) is 30.5 Å². The first-order valence-electron chi connectivity index (χ1n) is 14.5. The summed E-state index contributed by atoms with van der Waals surface area (Å²) >= 11 is 6.73. The fraction of sp³-hybridized carbons (Fsp3) is 0.367. The summed E-state index contributed by atoms with van der Waals surface area (Å²) in [6.45, 7) is 1.42. The lowest BCUT2D eigenvalue weighted by Gasteiger charge is -2.17. The Hall–Kier alpha value is -4.63. The predicted octanol–water partition coefficient (Wildman–Crippen LogP) is 4.97. The summed E-state index contributed by atoms with van der Waals surface area (Å²) in [5, 5.41) is 3.08. The van der Waals surface area contributed by atoms with Gasteiger partial charge in [0.1, 0.15) is 28.1 Å². The Morgan fingerprint density at radius 2 is 1.91 bits per heavy atom. The number of imidazole rings is 1. The van der Waals surface area contributed by atoms with E-state index in [0.29, 0.717) is 24.3 Å². The van der Waals surface area contributed by atoms with Gasteiger partial charge in [-0.05, 0) is 38.4 Å². The van der Waals surface area contributed by atoms with Crippen molar-refractivity contribution in [2.45, 2.75) is 31.5 Å². The molecule has 4 aromatic rings. The van der Waals surface area contributed by atoms with E-state index >= 15 is 0 Å². The zero-order valence-corrected chi connectivity index (χ0v) is 25.9. The molecule has 16 heteroatoms. The quantitative estimate of drug-likeness (QED) is 0.238. The van der Waals surface area contributed by atoms with E-state index in [1.54, 1.807) is 18.7 Å². The molecule has 242 valence electrons. The third kappa shape index (κ3) is 6.51. The van der Waals surface area contributed by atoms with E-state index in [-0.39, 0.29) is 63.2 Å². The molecule has 2 fully saturated rings. The number of likely N-dealkylation sites (N-methyl/N-ethyl adjacent to an activating group) is 1. The minimum absolute atomic E-state index is 0.0111. The second kappa shape index (κ2) is 12.3. The van der Waals surface area contributed by atoms with Crippen molar-refractivity contribution in [1.29, 1.82) is 0 Å². The van der Waals surface area contributed by atoms with Gasteiger partial charge >= 0.3 is 6.18 Å². The minimum Gasteiger partial charge on any atom is -0.489 e. The number of nitrogens with one attached hydrogen (secondary N) is 1. The number of ether oxygens (including phenoxy) is 2. The largest absolute Gasteiger partial charge is 0.489 e. The van der Waals surface area contributed by atoms with Crippen LogP contribution < -0.4 is 25.4 Å². The van der Waals surface area contributed by atoms with Gasteiger partial charge in [0.15, 0.2) is 23.0 Å². The number of likely N-dealkylation sites (tertiary alicyclic amines) is 1. The summed E-state index contributed by atoms with van der Waals surface area (Å²) in [6, 6.07) is 3.48. The van der Waals surface area contributed by atoms with Gasteiger partial charge < -0.3 is 30.0 Å². The van der Waals surface area contributed by atoms with Gasteiger partial charge in [-0.2, -0.15) is 18.2 Å². The molecule has 0 radical (unpaired) electrons. The van der Waals surface area contributed by atoms with Crippen molar-refractivity contribution < 1.29 is 27.4 Å². The maximum Gasteiger partial charge on any atom is 0.416 e. The molecule has 0 unspecified atom stereocenters. The molecule has 3 aromatic heterocycles. The zero-order chi connectivity index (χ0) is 32.7. The van der Waals surface area contributed by atoms with Gasteiger partial charge in [0.2, 0.25) is 11.9 Å². The van der Waals surface area contributed by atoms with Crippen LogP contribution in [0.5, 0.6) is 11.5 Å². The van der Waals surface area contributed by atoms with Crippen molar-refractivity contribution in [3.8, 4) is 11.5 Å². The topological polar surface area (TPSA) is 137 Å².